The maximum absolute atomic E-state index is 13.0. The van der Waals surface area contributed by atoms with Gasteiger partial charge in [-0.2, -0.15) is 8.75 Å². The third-order valence-corrected chi connectivity index (χ3v) is 6.59. The van der Waals surface area contributed by atoms with Gasteiger partial charge in [0.15, 0.2) is 5.82 Å². The first kappa shape index (κ1) is 24.3. The highest BCUT2D eigenvalue weighted by atomic mass is 35.5. The second kappa shape index (κ2) is 11.1. The second-order valence-electron chi connectivity index (χ2n) is 7.18. The highest BCUT2D eigenvalue weighted by molar-refractivity contribution is 7.81. The minimum Gasteiger partial charge on any atom is -0.755 e. The van der Waals surface area contributed by atoms with E-state index in [1.165, 1.54) is 18.2 Å². The van der Waals surface area contributed by atoms with Crippen LogP contribution in [0.2, 0.25) is 10.0 Å². The zero-order valence-electron chi connectivity index (χ0n) is 17.5. The van der Waals surface area contributed by atoms with Gasteiger partial charge in [0, 0.05) is 23.0 Å². The summed E-state index contributed by atoms with van der Waals surface area (Å²) in [5.41, 5.74) is 2.46. The maximum Gasteiger partial charge on any atom is 0.253 e. The molecule has 0 fully saturated rings. The molecule has 1 aromatic heterocycles. The van der Waals surface area contributed by atoms with E-state index < -0.39 is 17.2 Å². The molecule has 1 atom stereocenters. The first-order chi connectivity index (χ1) is 16.4. The molecule has 0 aliphatic carbocycles. The van der Waals surface area contributed by atoms with Gasteiger partial charge in [-0.05, 0) is 41.5 Å². The summed E-state index contributed by atoms with van der Waals surface area (Å²) in [5.74, 6) is -0.346. The Kier molecular flexibility index (Phi) is 7.91. The van der Waals surface area contributed by atoms with Crippen molar-refractivity contribution in [2.45, 2.75) is 13.0 Å². The number of amides is 1. The molecular formula is C23H17Cl2N4O3S2-. The van der Waals surface area contributed by atoms with E-state index in [0.29, 0.717) is 17.1 Å². The lowest BCUT2D eigenvalue weighted by atomic mass is 10.1. The van der Waals surface area contributed by atoms with E-state index in [4.69, 9.17) is 23.2 Å². The Bertz CT molecular complexity index is 1320. The Balaban J connectivity index is 1.66. The minimum absolute atomic E-state index is 0.0800. The Morgan fingerprint density at radius 1 is 0.971 bits per heavy atom. The van der Waals surface area contributed by atoms with E-state index in [-0.39, 0.29) is 28.6 Å². The van der Waals surface area contributed by atoms with Gasteiger partial charge >= 0.3 is 0 Å². The molecule has 1 amide bonds. The zero-order valence-corrected chi connectivity index (χ0v) is 20.6. The van der Waals surface area contributed by atoms with Crippen molar-refractivity contribution in [1.82, 2.24) is 14.1 Å². The molecule has 1 unspecified atom stereocenters. The number of carbonyl (C=O) groups excluding carboxylic acids is 1. The molecule has 34 heavy (non-hydrogen) atoms. The highest BCUT2D eigenvalue weighted by Gasteiger charge is 2.24. The van der Waals surface area contributed by atoms with Gasteiger partial charge in [-0.25, -0.2) is 0 Å². The summed E-state index contributed by atoms with van der Waals surface area (Å²) in [7, 11) is 0. The molecule has 0 spiro atoms. The lowest BCUT2D eigenvalue weighted by molar-refractivity contribution is 0.0951. The molecule has 1 N–H and O–H groups in total. The van der Waals surface area contributed by atoms with Crippen molar-refractivity contribution in [2.24, 2.45) is 0 Å². The predicted molar refractivity (Wildman–Crippen MR) is 134 cm³/mol. The average Bonchev–Trinajstić information content (AvgIpc) is 3.26. The lowest BCUT2D eigenvalue weighted by Gasteiger charge is -2.27. The number of nitrogens with one attached hydrogen (secondary N) is 1. The third-order valence-electron chi connectivity index (χ3n) is 4.88. The number of hydrogen-bond acceptors (Lipinski definition) is 6. The quantitative estimate of drug-likeness (QED) is 0.311. The number of hydrogen-bond donors (Lipinski definition) is 1. The van der Waals surface area contributed by atoms with Gasteiger partial charge in [0.25, 0.3) is 5.91 Å². The Labute approximate surface area is 213 Å². The molecule has 0 saturated heterocycles. The smallest absolute Gasteiger partial charge is 0.253 e. The van der Waals surface area contributed by atoms with E-state index in [1.807, 2.05) is 30.3 Å². The largest absolute Gasteiger partial charge is 0.755 e. The van der Waals surface area contributed by atoms with Crippen LogP contribution in [0.4, 0.5) is 11.5 Å². The number of carbonyl (C=O) groups is 1. The molecule has 0 saturated carbocycles. The maximum atomic E-state index is 13.0. The van der Waals surface area contributed by atoms with Crippen molar-refractivity contribution in [1.29, 1.82) is 0 Å². The SMILES string of the molecule is O=C(NCc1ccc(Cl)cc1)c1ccc(Cl)cc1N(c1nsnc1Cc1ccccc1)S(=O)[O-]. The van der Waals surface area contributed by atoms with E-state index in [1.54, 1.807) is 24.3 Å². The topological polar surface area (TPSA) is 98.2 Å². The van der Waals surface area contributed by atoms with Gasteiger partial charge in [-0.3, -0.25) is 13.3 Å². The molecule has 0 aliphatic rings. The average molecular weight is 532 g/mol. The van der Waals surface area contributed by atoms with Crippen LogP contribution in [0.1, 0.15) is 27.2 Å². The Hall–Kier alpha value is -2.82. The van der Waals surface area contributed by atoms with E-state index in [0.717, 1.165) is 27.2 Å². The summed E-state index contributed by atoms with van der Waals surface area (Å²) >= 11 is 10.2. The van der Waals surface area contributed by atoms with Gasteiger partial charge in [-0.1, -0.05) is 65.7 Å². The van der Waals surface area contributed by atoms with Crippen molar-refractivity contribution in [2.75, 3.05) is 4.31 Å². The number of anilines is 2. The molecule has 0 aliphatic heterocycles. The van der Waals surface area contributed by atoms with Crippen molar-refractivity contribution < 1.29 is 13.6 Å². The normalized spacial score (nSPS) is 11.7. The van der Waals surface area contributed by atoms with Gasteiger partial charge in [-0.15, -0.1) is 0 Å². The van der Waals surface area contributed by atoms with Gasteiger partial charge in [0.2, 0.25) is 0 Å². The van der Waals surface area contributed by atoms with Crippen molar-refractivity contribution in [3.8, 4) is 0 Å². The summed E-state index contributed by atoms with van der Waals surface area (Å²) in [6.07, 6.45) is 0.374. The van der Waals surface area contributed by atoms with E-state index in [9.17, 15) is 13.6 Å². The van der Waals surface area contributed by atoms with Gasteiger partial charge < -0.3 is 9.87 Å². The zero-order chi connectivity index (χ0) is 24.1. The Morgan fingerprint density at radius 3 is 2.38 bits per heavy atom. The fourth-order valence-corrected chi connectivity index (χ4v) is 4.76. The van der Waals surface area contributed by atoms with Crippen LogP contribution in [0.5, 0.6) is 0 Å². The van der Waals surface area contributed by atoms with Crippen LogP contribution in [0.25, 0.3) is 0 Å². The standard InChI is InChI=1S/C23H18Cl2N4O3S2/c24-17-8-6-16(7-9-17)14-26-23(30)19-11-10-18(25)13-21(19)29(34(31)32)22-20(27-33-28-22)12-15-4-2-1-3-5-15/h1-11,13H,12,14H2,(H,26,30)(H,31,32)/p-1. The number of benzene rings is 3. The van der Waals surface area contributed by atoms with E-state index >= 15 is 0 Å². The predicted octanol–water partition coefficient (Wildman–Crippen LogP) is 5.30. The van der Waals surface area contributed by atoms with Crippen molar-refractivity contribution in [3.63, 3.8) is 0 Å². The number of nitrogens with zero attached hydrogens (tertiary/aromatic N) is 3. The van der Waals surface area contributed by atoms with Crippen LogP contribution < -0.4 is 9.62 Å². The van der Waals surface area contributed by atoms with Gasteiger partial charge in [0.05, 0.1) is 34.2 Å². The van der Waals surface area contributed by atoms with Crippen LogP contribution in [-0.2, 0) is 24.2 Å². The van der Waals surface area contributed by atoms with Crippen molar-refractivity contribution >= 4 is 63.6 Å². The minimum atomic E-state index is -2.80. The van der Waals surface area contributed by atoms with Crippen LogP contribution in [0.3, 0.4) is 0 Å². The Morgan fingerprint density at radius 2 is 1.68 bits per heavy atom. The molecule has 4 aromatic rings. The summed E-state index contributed by atoms with van der Waals surface area (Å²) in [4.78, 5) is 13.0. The number of halogens is 2. The molecule has 0 radical (unpaired) electrons. The van der Waals surface area contributed by atoms with Gasteiger partial charge in [0.1, 0.15) is 5.69 Å². The monoisotopic (exact) mass is 531 g/mol. The first-order valence-electron chi connectivity index (χ1n) is 9.99. The van der Waals surface area contributed by atoms with E-state index in [2.05, 4.69) is 14.1 Å². The molecule has 7 nitrogen and oxygen atoms in total. The molecule has 174 valence electrons. The summed E-state index contributed by atoms with van der Waals surface area (Å²) < 4.78 is 34.2. The van der Waals surface area contributed by atoms with Crippen LogP contribution >= 0.6 is 34.9 Å². The molecule has 4 rings (SSSR count). The lowest BCUT2D eigenvalue weighted by Crippen LogP contribution is -2.28. The molecule has 0 bridgehead atoms. The van der Waals surface area contributed by atoms with Crippen LogP contribution in [0, 0.1) is 0 Å². The molecule has 11 heteroatoms. The molecule has 3 aromatic carbocycles. The summed E-state index contributed by atoms with van der Waals surface area (Å²) in [6, 6.07) is 20.9. The number of rotatable bonds is 8. The summed E-state index contributed by atoms with van der Waals surface area (Å²) in [5, 5.41) is 3.66. The first-order valence-corrected chi connectivity index (χ1v) is 12.5. The van der Waals surface area contributed by atoms with Crippen LogP contribution in [0.15, 0.2) is 72.8 Å². The van der Waals surface area contributed by atoms with Crippen LogP contribution in [-0.4, -0.2) is 23.4 Å². The molecule has 1 heterocycles. The van der Waals surface area contributed by atoms with Crippen molar-refractivity contribution in [3.05, 3.63) is 105 Å². The fraction of sp³-hybridized carbons (Fsp3) is 0.0870. The number of aromatic nitrogens is 2. The fourth-order valence-electron chi connectivity index (χ4n) is 3.27. The third kappa shape index (κ3) is 5.81. The second-order valence-corrected chi connectivity index (χ2v) is 9.38. The molecular weight excluding hydrogens is 515 g/mol. The highest BCUT2D eigenvalue weighted by Crippen LogP contribution is 2.34. The summed E-state index contributed by atoms with van der Waals surface area (Å²) in [6.45, 7) is 0.232.